The highest BCUT2D eigenvalue weighted by Gasteiger charge is 2.21. The van der Waals surface area contributed by atoms with Crippen molar-refractivity contribution in [1.29, 1.82) is 0 Å². The number of hydrogen-bond donors (Lipinski definition) is 1. The molecule has 0 radical (unpaired) electrons. The fourth-order valence-corrected chi connectivity index (χ4v) is 1.58. The Morgan fingerprint density at radius 2 is 1.88 bits per heavy atom. The van der Waals surface area contributed by atoms with Gasteiger partial charge in [0.1, 0.15) is 0 Å². The molecule has 1 amide bonds. The fraction of sp³-hybridized carbons (Fsp3) is 0.846. The molecule has 0 rings (SSSR count). The zero-order chi connectivity index (χ0) is 13.3. The molecule has 1 atom stereocenters. The predicted octanol–water partition coefficient (Wildman–Crippen LogP) is 2.91. The number of hydrogen-bond acceptors (Lipinski definition) is 3. The van der Waals surface area contributed by atoms with Gasteiger partial charge >= 0.3 is 6.09 Å². The molecule has 0 aromatic carbocycles. The Balaban J connectivity index is 4.31. The first-order valence-corrected chi connectivity index (χ1v) is 6.47. The summed E-state index contributed by atoms with van der Waals surface area (Å²) in [4.78, 5) is 23.2. The van der Waals surface area contributed by atoms with Crippen molar-refractivity contribution in [2.45, 2.75) is 59.4 Å². The zero-order valence-electron chi connectivity index (χ0n) is 11.4. The van der Waals surface area contributed by atoms with Crippen LogP contribution in [0.1, 0.15) is 53.4 Å². The van der Waals surface area contributed by atoms with Crippen LogP contribution in [0.3, 0.4) is 0 Å². The number of alkyl carbamates (subject to hydrolysis) is 1. The van der Waals surface area contributed by atoms with E-state index in [-0.39, 0.29) is 5.78 Å². The van der Waals surface area contributed by atoms with Crippen LogP contribution in [0.15, 0.2) is 0 Å². The van der Waals surface area contributed by atoms with E-state index in [4.69, 9.17) is 4.74 Å². The van der Waals surface area contributed by atoms with Crippen LogP contribution >= 0.6 is 0 Å². The van der Waals surface area contributed by atoms with Crippen molar-refractivity contribution >= 4 is 11.9 Å². The second-order valence-corrected chi connectivity index (χ2v) is 4.62. The highest BCUT2D eigenvalue weighted by molar-refractivity contribution is 5.87. The van der Waals surface area contributed by atoms with Crippen molar-refractivity contribution < 1.29 is 14.3 Å². The summed E-state index contributed by atoms with van der Waals surface area (Å²) in [6.07, 6.45) is 2.56. The molecule has 0 unspecified atom stereocenters. The monoisotopic (exact) mass is 243 g/mol. The van der Waals surface area contributed by atoms with Crippen molar-refractivity contribution in [3.05, 3.63) is 0 Å². The molecule has 0 aliphatic heterocycles. The third kappa shape index (κ3) is 7.77. The van der Waals surface area contributed by atoms with E-state index in [1.54, 1.807) is 6.92 Å². The summed E-state index contributed by atoms with van der Waals surface area (Å²) in [5.41, 5.74) is 0. The number of amides is 1. The lowest BCUT2D eigenvalue weighted by Crippen LogP contribution is -2.42. The second-order valence-electron chi connectivity index (χ2n) is 4.62. The Morgan fingerprint density at radius 1 is 1.24 bits per heavy atom. The Hall–Kier alpha value is -1.06. The van der Waals surface area contributed by atoms with Crippen molar-refractivity contribution in [1.82, 2.24) is 5.32 Å². The summed E-state index contributed by atoms with van der Waals surface area (Å²) in [5.74, 6) is 0.473. The minimum absolute atomic E-state index is 0.105. The summed E-state index contributed by atoms with van der Waals surface area (Å²) in [6, 6.07) is -0.402. The van der Waals surface area contributed by atoms with Crippen molar-refractivity contribution in [2.75, 3.05) is 6.61 Å². The summed E-state index contributed by atoms with van der Waals surface area (Å²) in [6.45, 7) is 8.18. The molecule has 17 heavy (non-hydrogen) atoms. The second kappa shape index (κ2) is 9.02. The molecule has 100 valence electrons. The molecule has 0 aliphatic rings. The van der Waals surface area contributed by atoms with Crippen LogP contribution in [-0.4, -0.2) is 24.5 Å². The van der Waals surface area contributed by atoms with Crippen LogP contribution in [0, 0.1) is 5.92 Å². The maximum Gasteiger partial charge on any atom is 0.407 e. The van der Waals surface area contributed by atoms with Crippen molar-refractivity contribution in [3.8, 4) is 0 Å². The molecule has 0 heterocycles. The summed E-state index contributed by atoms with van der Waals surface area (Å²) in [5, 5.41) is 2.65. The Morgan fingerprint density at radius 3 is 2.35 bits per heavy atom. The third-order valence-corrected chi connectivity index (χ3v) is 2.44. The molecule has 0 aromatic rings. The quantitative estimate of drug-likeness (QED) is 0.713. The van der Waals surface area contributed by atoms with Crippen LogP contribution in [0.2, 0.25) is 0 Å². The average molecular weight is 243 g/mol. The van der Waals surface area contributed by atoms with Gasteiger partial charge in [-0.2, -0.15) is 0 Å². The number of ether oxygens (including phenoxy) is 1. The minimum Gasteiger partial charge on any atom is -0.450 e. The van der Waals surface area contributed by atoms with Crippen LogP contribution in [0.4, 0.5) is 4.79 Å². The number of carbonyl (C=O) groups is 2. The van der Waals surface area contributed by atoms with E-state index in [2.05, 4.69) is 5.32 Å². The average Bonchev–Trinajstić information content (AvgIpc) is 2.24. The molecular formula is C13H25NO3. The van der Waals surface area contributed by atoms with Gasteiger partial charge in [-0.15, -0.1) is 0 Å². The molecule has 4 heteroatoms. The lowest BCUT2D eigenvalue weighted by molar-refractivity contribution is -0.121. The van der Waals surface area contributed by atoms with Gasteiger partial charge in [-0.05, 0) is 25.7 Å². The maximum absolute atomic E-state index is 11.9. The van der Waals surface area contributed by atoms with E-state index < -0.39 is 12.1 Å². The lowest BCUT2D eigenvalue weighted by atomic mass is 9.97. The van der Waals surface area contributed by atoms with Gasteiger partial charge in [0.15, 0.2) is 5.78 Å². The number of rotatable bonds is 8. The molecule has 0 saturated carbocycles. The number of nitrogens with one attached hydrogen (secondary N) is 1. The van der Waals surface area contributed by atoms with Crippen LogP contribution in [-0.2, 0) is 9.53 Å². The molecule has 4 nitrogen and oxygen atoms in total. The maximum atomic E-state index is 11.9. The van der Waals surface area contributed by atoms with E-state index in [0.29, 0.717) is 25.4 Å². The van der Waals surface area contributed by atoms with Crippen LogP contribution in [0.25, 0.3) is 0 Å². The fourth-order valence-electron chi connectivity index (χ4n) is 1.58. The van der Waals surface area contributed by atoms with Gasteiger partial charge in [0.05, 0.1) is 12.6 Å². The highest BCUT2D eigenvalue weighted by atomic mass is 16.5. The van der Waals surface area contributed by atoms with E-state index in [1.807, 2.05) is 20.8 Å². The predicted molar refractivity (Wildman–Crippen MR) is 67.9 cm³/mol. The number of carbonyl (C=O) groups excluding carboxylic acids is 2. The Labute approximate surface area is 104 Å². The molecule has 0 fully saturated rings. The Kier molecular flexibility index (Phi) is 8.46. The van der Waals surface area contributed by atoms with E-state index in [1.165, 1.54) is 0 Å². The van der Waals surface area contributed by atoms with Crippen LogP contribution in [0.5, 0.6) is 0 Å². The molecule has 0 bridgehead atoms. The van der Waals surface area contributed by atoms with Crippen molar-refractivity contribution in [2.24, 2.45) is 5.92 Å². The Bertz CT molecular complexity index is 239. The third-order valence-electron chi connectivity index (χ3n) is 2.44. The first kappa shape index (κ1) is 15.9. The first-order valence-electron chi connectivity index (χ1n) is 6.47. The molecular weight excluding hydrogens is 218 g/mol. The smallest absolute Gasteiger partial charge is 0.407 e. The lowest BCUT2D eigenvalue weighted by Gasteiger charge is -2.19. The van der Waals surface area contributed by atoms with Gasteiger partial charge in [0, 0.05) is 6.42 Å². The van der Waals surface area contributed by atoms with Gasteiger partial charge < -0.3 is 10.1 Å². The van der Waals surface area contributed by atoms with Gasteiger partial charge in [-0.25, -0.2) is 4.79 Å². The number of unbranched alkanes of at least 4 members (excludes halogenated alkanes) is 1. The zero-order valence-corrected chi connectivity index (χ0v) is 11.4. The molecule has 0 spiro atoms. The largest absolute Gasteiger partial charge is 0.450 e. The SMILES string of the molecule is CCCCC(=O)[C@H](CC(C)C)NC(=O)OCC. The molecule has 0 aliphatic carbocycles. The van der Waals surface area contributed by atoms with E-state index in [9.17, 15) is 9.59 Å². The van der Waals surface area contributed by atoms with E-state index >= 15 is 0 Å². The summed E-state index contributed by atoms with van der Waals surface area (Å²) < 4.78 is 4.81. The van der Waals surface area contributed by atoms with E-state index in [0.717, 1.165) is 12.8 Å². The van der Waals surface area contributed by atoms with Gasteiger partial charge in [0.2, 0.25) is 0 Å². The molecule has 0 aromatic heterocycles. The normalized spacial score (nSPS) is 12.3. The topological polar surface area (TPSA) is 55.4 Å². The van der Waals surface area contributed by atoms with Crippen molar-refractivity contribution in [3.63, 3.8) is 0 Å². The first-order chi connectivity index (χ1) is 8.01. The summed E-state index contributed by atoms with van der Waals surface area (Å²) in [7, 11) is 0. The molecule has 0 saturated heterocycles. The standard InChI is InChI=1S/C13H25NO3/c1-5-7-8-12(15)11(9-10(3)4)14-13(16)17-6-2/h10-11H,5-9H2,1-4H3,(H,14,16)/t11-/m0/s1. The number of ketones is 1. The van der Waals surface area contributed by atoms with Gasteiger partial charge in [-0.1, -0.05) is 27.2 Å². The highest BCUT2D eigenvalue weighted by Crippen LogP contribution is 2.09. The molecule has 1 N–H and O–H groups in total. The van der Waals surface area contributed by atoms with Gasteiger partial charge in [-0.3, -0.25) is 4.79 Å². The van der Waals surface area contributed by atoms with Crippen LogP contribution < -0.4 is 5.32 Å². The van der Waals surface area contributed by atoms with Gasteiger partial charge in [0.25, 0.3) is 0 Å². The number of Topliss-reactive ketones (excluding diaryl/α,β-unsaturated/α-hetero) is 1. The summed E-state index contributed by atoms with van der Waals surface area (Å²) >= 11 is 0. The minimum atomic E-state index is -0.497.